The molecule has 1 aliphatic heterocycles. The fourth-order valence-electron chi connectivity index (χ4n) is 3.39. The summed E-state index contributed by atoms with van der Waals surface area (Å²) in [6, 6.07) is 10.2. The van der Waals surface area contributed by atoms with E-state index in [4.69, 9.17) is 0 Å². The zero-order valence-electron chi connectivity index (χ0n) is 15.0. The van der Waals surface area contributed by atoms with Crippen LogP contribution in [-0.2, 0) is 13.6 Å². The Bertz CT molecular complexity index is 793. The van der Waals surface area contributed by atoms with Crippen LogP contribution in [0.15, 0.2) is 35.1 Å². The van der Waals surface area contributed by atoms with Crippen molar-refractivity contribution < 1.29 is 4.79 Å². The molecule has 1 aliphatic rings. The number of hydrogen-bond acceptors (Lipinski definition) is 3. The van der Waals surface area contributed by atoms with Crippen LogP contribution in [-0.4, -0.2) is 38.8 Å². The van der Waals surface area contributed by atoms with Crippen molar-refractivity contribution in [3.05, 3.63) is 52.2 Å². The summed E-state index contributed by atoms with van der Waals surface area (Å²) in [7, 11) is 1.63. The Morgan fingerprint density at radius 3 is 2.72 bits per heavy atom. The predicted octanol–water partition coefficient (Wildman–Crippen LogP) is 1.83. The third-order valence-corrected chi connectivity index (χ3v) is 5.23. The lowest BCUT2D eigenvalue weighted by atomic mass is 9.70. The SMILES string of the molecule is Cn1c(CNC(=O)N2CCC(C)(C)[C@@H](c3ccccc3)C2)n[nH]c1=O. The van der Waals surface area contributed by atoms with E-state index in [1.807, 2.05) is 23.1 Å². The minimum absolute atomic E-state index is 0.119. The normalized spacial score (nSPS) is 19.6. The van der Waals surface area contributed by atoms with Crippen molar-refractivity contribution in [3.63, 3.8) is 0 Å². The van der Waals surface area contributed by atoms with Crippen LogP contribution in [0.1, 0.15) is 37.6 Å². The van der Waals surface area contributed by atoms with E-state index in [9.17, 15) is 9.59 Å². The van der Waals surface area contributed by atoms with Gasteiger partial charge in [0.05, 0.1) is 6.54 Å². The van der Waals surface area contributed by atoms with Crippen LogP contribution in [0.2, 0.25) is 0 Å². The Balaban J connectivity index is 1.67. The Morgan fingerprint density at radius 1 is 1.36 bits per heavy atom. The summed E-state index contributed by atoms with van der Waals surface area (Å²) in [5.74, 6) is 0.804. The van der Waals surface area contributed by atoms with E-state index in [0.717, 1.165) is 13.0 Å². The van der Waals surface area contributed by atoms with Crippen molar-refractivity contribution in [1.82, 2.24) is 25.0 Å². The lowest BCUT2D eigenvalue weighted by molar-refractivity contribution is 0.116. The van der Waals surface area contributed by atoms with E-state index in [0.29, 0.717) is 18.3 Å². The van der Waals surface area contributed by atoms with E-state index < -0.39 is 0 Å². The van der Waals surface area contributed by atoms with Crippen molar-refractivity contribution >= 4 is 6.03 Å². The Morgan fingerprint density at radius 2 is 2.08 bits per heavy atom. The number of hydrogen-bond donors (Lipinski definition) is 2. The summed E-state index contributed by atoms with van der Waals surface area (Å²) >= 11 is 0. The van der Waals surface area contributed by atoms with Crippen LogP contribution in [0, 0.1) is 5.41 Å². The van der Waals surface area contributed by atoms with Gasteiger partial charge in [0, 0.05) is 26.1 Å². The maximum Gasteiger partial charge on any atom is 0.343 e. The second-order valence-electron chi connectivity index (χ2n) is 7.31. The number of carbonyl (C=O) groups is 1. The van der Waals surface area contributed by atoms with Gasteiger partial charge in [-0.25, -0.2) is 14.7 Å². The van der Waals surface area contributed by atoms with Crippen LogP contribution in [0.25, 0.3) is 0 Å². The highest BCUT2D eigenvalue weighted by Gasteiger charge is 2.37. The van der Waals surface area contributed by atoms with Crippen LogP contribution in [0.5, 0.6) is 0 Å². The molecule has 1 fully saturated rings. The first kappa shape index (κ1) is 17.3. The minimum atomic E-state index is -0.284. The zero-order valence-corrected chi connectivity index (χ0v) is 15.0. The molecule has 7 nitrogen and oxygen atoms in total. The molecule has 0 aliphatic carbocycles. The molecule has 3 rings (SSSR count). The van der Waals surface area contributed by atoms with E-state index in [1.165, 1.54) is 10.1 Å². The first-order valence-corrected chi connectivity index (χ1v) is 8.56. The minimum Gasteiger partial charge on any atom is -0.331 e. The zero-order chi connectivity index (χ0) is 18.0. The molecule has 2 heterocycles. The molecule has 25 heavy (non-hydrogen) atoms. The molecular weight excluding hydrogens is 318 g/mol. The van der Waals surface area contributed by atoms with Gasteiger partial charge in [-0.15, -0.1) is 0 Å². The van der Waals surface area contributed by atoms with Crippen molar-refractivity contribution in [2.75, 3.05) is 13.1 Å². The third-order valence-electron chi connectivity index (χ3n) is 5.23. The summed E-state index contributed by atoms with van der Waals surface area (Å²) in [6.45, 7) is 6.16. The molecule has 1 aromatic heterocycles. The fraction of sp³-hybridized carbons (Fsp3) is 0.500. The van der Waals surface area contributed by atoms with Gasteiger partial charge in [0.25, 0.3) is 0 Å². The Labute approximate surface area is 147 Å². The smallest absolute Gasteiger partial charge is 0.331 e. The number of nitrogens with one attached hydrogen (secondary N) is 2. The highest BCUT2D eigenvalue weighted by Crippen LogP contribution is 2.42. The number of H-pyrrole nitrogens is 1. The number of carbonyl (C=O) groups excluding carboxylic acids is 1. The van der Waals surface area contributed by atoms with E-state index in [1.54, 1.807) is 7.05 Å². The lowest BCUT2D eigenvalue weighted by Crippen LogP contribution is -2.49. The molecule has 0 saturated carbocycles. The van der Waals surface area contributed by atoms with E-state index in [-0.39, 0.29) is 23.7 Å². The average molecular weight is 343 g/mol. The van der Waals surface area contributed by atoms with Gasteiger partial charge in [-0.2, -0.15) is 5.10 Å². The fourth-order valence-corrected chi connectivity index (χ4v) is 3.39. The number of piperidine rings is 1. The van der Waals surface area contributed by atoms with Crippen LogP contribution in [0.4, 0.5) is 4.79 Å². The predicted molar refractivity (Wildman–Crippen MR) is 95.2 cm³/mol. The second-order valence-corrected chi connectivity index (χ2v) is 7.31. The summed E-state index contributed by atoms with van der Waals surface area (Å²) in [4.78, 5) is 25.8. The quantitative estimate of drug-likeness (QED) is 0.892. The molecule has 1 aromatic carbocycles. The summed E-state index contributed by atoms with van der Waals surface area (Å²) in [6.07, 6.45) is 0.945. The first-order valence-electron chi connectivity index (χ1n) is 8.56. The van der Waals surface area contributed by atoms with Crippen molar-refractivity contribution in [2.45, 2.75) is 32.7 Å². The van der Waals surface area contributed by atoms with E-state index in [2.05, 4.69) is 41.5 Å². The largest absolute Gasteiger partial charge is 0.343 e. The maximum atomic E-state index is 12.6. The highest BCUT2D eigenvalue weighted by atomic mass is 16.2. The molecule has 0 bridgehead atoms. The molecule has 0 spiro atoms. The van der Waals surface area contributed by atoms with Crippen molar-refractivity contribution in [1.29, 1.82) is 0 Å². The summed E-state index contributed by atoms with van der Waals surface area (Å²) in [5, 5.41) is 9.15. The topological polar surface area (TPSA) is 83.0 Å². The molecule has 7 heteroatoms. The number of rotatable bonds is 3. The second kappa shape index (κ2) is 6.74. The standard InChI is InChI=1S/C18H25N5O2/c1-18(2)9-10-23(12-14(18)13-7-5-4-6-8-13)16(24)19-11-15-20-21-17(25)22(15)3/h4-8,14H,9-12H2,1-3H3,(H,19,24)(H,21,25)/t14-/m1/s1. The monoisotopic (exact) mass is 343 g/mol. The third kappa shape index (κ3) is 3.60. The van der Waals surface area contributed by atoms with Gasteiger partial charge in [0.1, 0.15) is 0 Å². The number of aromatic amines is 1. The number of likely N-dealkylation sites (tertiary alicyclic amines) is 1. The molecule has 1 saturated heterocycles. The number of aromatic nitrogens is 3. The van der Waals surface area contributed by atoms with Crippen LogP contribution >= 0.6 is 0 Å². The Hall–Kier alpha value is -2.57. The molecule has 134 valence electrons. The first-order chi connectivity index (χ1) is 11.9. The van der Waals surface area contributed by atoms with Gasteiger partial charge < -0.3 is 10.2 Å². The number of urea groups is 1. The van der Waals surface area contributed by atoms with Gasteiger partial charge in [0.15, 0.2) is 5.82 Å². The molecule has 1 atom stereocenters. The van der Waals surface area contributed by atoms with Gasteiger partial charge in [-0.05, 0) is 17.4 Å². The Kier molecular flexibility index (Phi) is 4.65. The van der Waals surface area contributed by atoms with Crippen molar-refractivity contribution in [2.24, 2.45) is 12.5 Å². The van der Waals surface area contributed by atoms with Crippen LogP contribution in [0.3, 0.4) is 0 Å². The molecule has 0 unspecified atom stereocenters. The highest BCUT2D eigenvalue weighted by molar-refractivity contribution is 5.74. The number of benzene rings is 1. The molecular formula is C18H25N5O2. The summed E-state index contributed by atoms with van der Waals surface area (Å²) in [5.41, 5.74) is 1.12. The van der Waals surface area contributed by atoms with Gasteiger partial charge in [0.2, 0.25) is 0 Å². The number of amides is 2. The van der Waals surface area contributed by atoms with Gasteiger partial charge in [-0.1, -0.05) is 44.2 Å². The molecule has 2 aromatic rings. The van der Waals surface area contributed by atoms with E-state index >= 15 is 0 Å². The molecule has 2 N–H and O–H groups in total. The molecule has 0 radical (unpaired) electrons. The number of nitrogens with zero attached hydrogens (tertiary/aromatic N) is 3. The summed E-state index contributed by atoms with van der Waals surface area (Å²) < 4.78 is 1.40. The molecule has 2 amide bonds. The average Bonchev–Trinajstić information content (AvgIpc) is 2.92. The van der Waals surface area contributed by atoms with Gasteiger partial charge in [-0.3, -0.25) is 4.57 Å². The maximum absolute atomic E-state index is 12.6. The van der Waals surface area contributed by atoms with Crippen molar-refractivity contribution in [3.8, 4) is 0 Å². The van der Waals surface area contributed by atoms with Gasteiger partial charge >= 0.3 is 11.7 Å². The lowest BCUT2D eigenvalue weighted by Gasteiger charge is -2.44. The van der Waals surface area contributed by atoms with Crippen LogP contribution < -0.4 is 11.0 Å².